The normalized spacial score (nSPS) is 11.5. The minimum absolute atomic E-state index is 1.08. The number of fused-ring (bicyclic) bond motifs is 6. The molecule has 402 valence electrons. The number of benzene rings is 14. The summed E-state index contributed by atoms with van der Waals surface area (Å²) in [5.41, 5.74) is 28.0. The van der Waals surface area contributed by atoms with Crippen molar-refractivity contribution >= 4 is 43.6 Å². The summed E-state index contributed by atoms with van der Waals surface area (Å²) in [6.07, 6.45) is 0. The summed E-state index contributed by atoms with van der Waals surface area (Å²) >= 11 is 0. The maximum Gasteiger partial charge on any atom is 0.0709 e. The van der Waals surface area contributed by atoms with E-state index < -0.39 is 0 Å². The van der Waals surface area contributed by atoms with Gasteiger partial charge in [-0.05, 0) is 161 Å². The molecule has 2 aromatic heterocycles. The first kappa shape index (κ1) is 50.4. The molecule has 86 heavy (non-hydrogen) atoms. The number of nitrogens with zero attached hydrogens (tertiary/aromatic N) is 2. The van der Waals surface area contributed by atoms with Crippen LogP contribution in [0.3, 0.4) is 0 Å². The molecule has 0 aliphatic carbocycles. The summed E-state index contributed by atoms with van der Waals surface area (Å²) in [7, 11) is 0. The zero-order valence-corrected chi connectivity index (χ0v) is 47.2. The van der Waals surface area contributed by atoms with Gasteiger partial charge < -0.3 is 9.13 Å². The summed E-state index contributed by atoms with van der Waals surface area (Å²) in [4.78, 5) is 0. The van der Waals surface area contributed by atoms with Crippen molar-refractivity contribution in [2.24, 2.45) is 0 Å². The first-order valence-corrected chi connectivity index (χ1v) is 29.6. The average molecular weight is 1090 g/mol. The van der Waals surface area contributed by atoms with Gasteiger partial charge in [0.25, 0.3) is 0 Å². The lowest BCUT2D eigenvalue weighted by atomic mass is 9.92. The molecule has 0 saturated carbocycles. The van der Waals surface area contributed by atoms with Crippen molar-refractivity contribution in [3.8, 4) is 112 Å². The first-order valence-electron chi connectivity index (χ1n) is 29.6. The topological polar surface area (TPSA) is 9.86 Å². The first-order chi connectivity index (χ1) is 42.7. The maximum absolute atomic E-state index is 2.54. The van der Waals surface area contributed by atoms with Crippen molar-refractivity contribution in [2.45, 2.75) is 0 Å². The molecule has 0 radical (unpaired) electrons. The van der Waals surface area contributed by atoms with Crippen LogP contribution in [0.4, 0.5) is 0 Å². The lowest BCUT2D eigenvalue weighted by Gasteiger charge is -2.19. The molecule has 0 aliphatic heterocycles. The molecule has 16 rings (SSSR count). The summed E-state index contributed by atoms with van der Waals surface area (Å²) in [5.74, 6) is 0. The van der Waals surface area contributed by atoms with Gasteiger partial charge in [-0.3, -0.25) is 0 Å². The average Bonchev–Trinajstić information content (AvgIpc) is 1.72. The fourth-order valence-electron chi connectivity index (χ4n) is 13.4. The second-order valence-electron chi connectivity index (χ2n) is 22.3. The van der Waals surface area contributed by atoms with Gasteiger partial charge in [0, 0.05) is 21.5 Å². The predicted octanol–water partition coefficient (Wildman–Crippen LogP) is 22.9. The van der Waals surface area contributed by atoms with Crippen molar-refractivity contribution in [1.82, 2.24) is 9.13 Å². The maximum atomic E-state index is 2.54. The molecule has 0 spiro atoms. The molecular formula is C84H56N2. The summed E-state index contributed by atoms with van der Waals surface area (Å²) in [5, 5.41) is 4.73. The Bertz CT molecular complexity index is 4910. The van der Waals surface area contributed by atoms with Gasteiger partial charge in [0.2, 0.25) is 0 Å². The van der Waals surface area contributed by atoms with Gasteiger partial charge in [-0.2, -0.15) is 0 Å². The number of hydrogen-bond acceptors (Lipinski definition) is 0. The lowest BCUT2D eigenvalue weighted by molar-refractivity contribution is 1.10. The molecule has 2 heterocycles. The van der Waals surface area contributed by atoms with Crippen molar-refractivity contribution < 1.29 is 0 Å². The third-order valence-electron chi connectivity index (χ3n) is 17.4. The van der Waals surface area contributed by atoms with Gasteiger partial charge in [0.15, 0.2) is 0 Å². The molecule has 0 atom stereocenters. The van der Waals surface area contributed by atoms with Crippen LogP contribution < -0.4 is 0 Å². The molecule has 16 aromatic rings. The van der Waals surface area contributed by atoms with Crippen LogP contribution in [-0.4, -0.2) is 9.13 Å². The van der Waals surface area contributed by atoms with Crippen LogP contribution >= 0.6 is 0 Å². The van der Waals surface area contributed by atoms with Crippen LogP contribution in [0.2, 0.25) is 0 Å². The molecular weight excluding hydrogens is 1040 g/mol. The molecule has 2 heteroatoms. The number of rotatable bonds is 11. The lowest BCUT2D eigenvalue weighted by Crippen LogP contribution is -2.04. The highest BCUT2D eigenvalue weighted by Gasteiger charge is 2.24. The highest BCUT2D eigenvalue weighted by molar-refractivity contribution is 6.15. The molecule has 2 nitrogen and oxygen atoms in total. The molecule has 0 fully saturated rings. The Morgan fingerprint density at radius 2 is 0.360 bits per heavy atom. The van der Waals surface area contributed by atoms with Crippen LogP contribution in [0.5, 0.6) is 0 Å². The molecule has 0 aliphatic rings. The van der Waals surface area contributed by atoms with Crippen LogP contribution in [0.25, 0.3) is 155 Å². The Morgan fingerprint density at radius 1 is 0.140 bits per heavy atom. The van der Waals surface area contributed by atoms with Crippen molar-refractivity contribution in [3.63, 3.8) is 0 Å². The highest BCUT2D eigenvalue weighted by atomic mass is 15.1. The smallest absolute Gasteiger partial charge is 0.0709 e. The van der Waals surface area contributed by atoms with Gasteiger partial charge in [0.05, 0.1) is 33.4 Å². The Kier molecular flexibility index (Phi) is 12.6. The van der Waals surface area contributed by atoms with Gasteiger partial charge in [0.1, 0.15) is 0 Å². The second kappa shape index (κ2) is 21.5. The summed E-state index contributed by atoms with van der Waals surface area (Å²) in [6, 6.07) is 125. The molecule has 0 N–H and O–H groups in total. The highest BCUT2D eigenvalue weighted by Crippen LogP contribution is 2.46. The summed E-state index contributed by atoms with van der Waals surface area (Å²) < 4.78 is 5.07. The van der Waals surface area contributed by atoms with Crippen molar-refractivity contribution in [2.75, 3.05) is 0 Å². The van der Waals surface area contributed by atoms with E-state index in [1.165, 1.54) is 111 Å². The van der Waals surface area contributed by atoms with Gasteiger partial charge >= 0.3 is 0 Å². The molecule has 0 saturated heterocycles. The predicted molar refractivity (Wildman–Crippen MR) is 364 cm³/mol. The van der Waals surface area contributed by atoms with E-state index in [4.69, 9.17) is 0 Å². The van der Waals surface area contributed by atoms with E-state index in [2.05, 4.69) is 349 Å². The van der Waals surface area contributed by atoms with Gasteiger partial charge in [-0.25, -0.2) is 0 Å². The third kappa shape index (κ3) is 8.83. The zero-order chi connectivity index (χ0) is 56.9. The van der Waals surface area contributed by atoms with Gasteiger partial charge in [-0.1, -0.05) is 279 Å². The molecule has 0 unspecified atom stereocenters. The van der Waals surface area contributed by atoms with Crippen LogP contribution in [0, 0.1) is 0 Å². The number of hydrogen-bond donors (Lipinski definition) is 0. The van der Waals surface area contributed by atoms with Crippen LogP contribution in [0.1, 0.15) is 0 Å². The monoisotopic (exact) mass is 1090 g/mol. The van der Waals surface area contributed by atoms with E-state index in [-0.39, 0.29) is 0 Å². The molecule has 0 amide bonds. The van der Waals surface area contributed by atoms with Crippen LogP contribution in [-0.2, 0) is 0 Å². The molecule has 14 aromatic carbocycles. The Balaban J connectivity index is 0.979. The van der Waals surface area contributed by atoms with E-state index >= 15 is 0 Å². The van der Waals surface area contributed by atoms with E-state index in [9.17, 15) is 0 Å². The third-order valence-corrected chi connectivity index (χ3v) is 17.4. The molecule has 0 bridgehead atoms. The van der Waals surface area contributed by atoms with E-state index in [1.807, 2.05) is 0 Å². The van der Waals surface area contributed by atoms with E-state index in [0.717, 1.165) is 44.6 Å². The quantitative estimate of drug-likeness (QED) is 0.122. The fourth-order valence-corrected chi connectivity index (χ4v) is 13.4. The van der Waals surface area contributed by atoms with Gasteiger partial charge in [-0.15, -0.1) is 0 Å². The Labute approximate surface area is 501 Å². The standard InChI is InChI=1S/C84H56N2/c1-6-24-57(25-7-1)62-42-51-83(85-79-47-43-63(71-38-20-16-34-67(71)58-26-8-2-9-27-58)52-75(79)76-53-64(44-48-80(76)85)72-39-21-17-35-68(72)59-28-10-3-11-29-59)84(56-62)86-81-49-45-65(73-40-22-18-36-69(73)60-30-12-4-13-31-60)54-77(81)78-55-66(46-50-82(78)86)74-41-23-19-37-70(74)61-32-14-5-15-33-61/h1-56H. The number of aromatic nitrogens is 2. The Morgan fingerprint density at radius 3 is 0.640 bits per heavy atom. The van der Waals surface area contributed by atoms with E-state index in [1.54, 1.807) is 0 Å². The van der Waals surface area contributed by atoms with Crippen molar-refractivity contribution in [3.05, 3.63) is 340 Å². The largest absolute Gasteiger partial charge is 0.307 e. The minimum Gasteiger partial charge on any atom is -0.307 e. The SMILES string of the molecule is c1ccc(-c2ccc(-n3c4ccc(-c5ccccc5-c5ccccc5)cc4c4cc(-c5ccccc5-c5ccccc5)ccc43)c(-n3c4ccc(-c5ccccc5-c5ccccc5)cc4c4cc(-c5ccccc5-c5ccccc5)ccc43)c2)cc1. The minimum atomic E-state index is 1.08. The van der Waals surface area contributed by atoms with Crippen molar-refractivity contribution in [1.29, 1.82) is 0 Å². The van der Waals surface area contributed by atoms with Crippen LogP contribution in [0.15, 0.2) is 340 Å². The fraction of sp³-hybridized carbons (Fsp3) is 0. The zero-order valence-electron chi connectivity index (χ0n) is 47.2. The summed E-state index contributed by atoms with van der Waals surface area (Å²) in [6.45, 7) is 0. The Hall–Kier alpha value is -11.3. The second-order valence-corrected chi connectivity index (χ2v) is 22.3. The van der Waals surface area contributed by atoms with E-state index in [0.29, 0.717) is 0 Å².